The molecule has 1 atom stereocenters. The van der Waals surface area contributed by atoms with E-state index in [1.807, 2.05) is 25.7 Å². The van der Waals surface area contributed by atoms with Crippen LogP contribution >= 0.6 is 0 Å². The van der Waals surface area contributed by atoms with Crippen LogP contribution in [0, 0.1) is 6.92 Å². The van der Waals surface area contributed by atoms with Gasteiger partial charge in [0.05, 0.1) is 5.69 Å². The molecule has 194 valence electrons. The molecule has 0 bridgehead atoms. The van der Waals surface area contributed by atoms with Gasteiger partial charge in [-0.25, -0.2) is 0 Å². The molecule has 1 aliphatic rings. The molecule has 9 nitrogen and oxygen atoms in total. The number of nitrogens with one attached hydrogen (secondary N) is 2. The Kier molecular flexibility index (Phi) is 11.2. The summed E-state index contributed by atoms with van der Waals surface area (Å²) >= 11 is 0. The summed E-state index contributed by atoms with van der Waals surface area (Å²) < 4.78 is 11.0. The van der Waals surface area contributed by atoms with Crippen molar-refractivity contribution in [3.05, 3.63) is 35.6 Å². The van der Waals surface area contributed by atoms with Gasteiger partial charge in [0.15, 0.2) is 5.75 Å². The van der Waals surface area contributed by atoms with Gasteiger partial charge in [-0.1, -0.05) is 13.5 Å². The molecule has 1 aliphatic heterocycles. The minimum Gasteiger partial charge on any atom is -0.458 e. The molecule has 3 amide bonds. The van der Waals surface area contributed by atoms with Crippen molar-refractivity contribution in [1.29, 1.82) is 0 Å². The van der Waals surface area contributed by atoms with E-state index in [0.29, 0.717) is 35.6 Å². The molecule has 0 radical (unpaired) electrons. The minimum absolute atomic E-state index is 0.0130. The smallest absolute Gasteiger partial charge is 0.254 e. The van der Waals surface area contributed by atoms with Crippen LogP contribution in [-0.2, 0) is 14.3 Å². The van der Waals surface area contributed by atoms with Crippen LogP contribution < -0.4 is 20.3 Å². The van der Waals surface area contributed by atoms with Crippen molar-refractivity contribution in [1.82, 2.24) is 15.5 Å². The fourth-order valence-electron chi connectivity index (χ4n) is 4.26. The number of aryl methyl sites for hydroxylation is 1. The minimum atomic E-state index is -0.103. The molecule has 35 heavy (non-hydrogen) atoms. The van der Waals surface area contributed by atoms with E-state index in [2.05, 4.69) is 17.2 Å². The lowest BCUT2D eigenvalue weighted by Crippen LogP contribution is -2.51. The third kappa shape index (κ3) is 7.80. The van der Waals surface area contributed by atoms with Gasteiger partial charge in [0.1, 0.15) is 12.4 Å². The normalized spacial score (nSPS) is 15.4. The molecule has 2 rings (SSSR count). The monoisotopic (exact) mass is 488 g/mol. The fraction of sp³-hybridized carbons (Fsp3) is 0.577. The number of hydrogen-bond donors (Lipinski definition) is 2. The Morgan fingerprint density at radius 3 is 2.66 bits per heavy atom. The Hall–Kier alpha value is -2.91. The van der Waals surface area contributed by atoms with Crippen molar-refractivity contribution in [2.24, 2.45) is 0 Å². The predicted octanol–water partition coefficient (Wildman–Crippen LogP) is 2.63. The van der Waals surface area contributed by atoms with Crippen LogP contribution in [0.1, 0.15) is 56.0 Å². The lowest BCUT2D eigenvalue weighted by Gasteiger charge is -2.38. The van der Waals surface area contributed by atoms with Gasteiger partial charge in [0.25, 0.3) is 5.91 Å². The zero-order valence-electron chi connectivity index (χ0n) is 21.7. The molecule has 1 saturated heterocycles. The van der Waals surface area contributed by atoms with Gasteiger partial charge in [-0.3, -0.25) is 14.4 Å². The standard InChI is InChI=1S/C26H40N4O5/c1-7-25(32)28-11-12-29(17-31)23-14-22(19(4)13-24(23)35-20(5)16-34-6)26(33)30(18(2)3)21-9-8-10-27-15-21/h13-14,17-18,21,27H,5,7-12,15-16H2,1-4,6H3,(H,28,32)/t21-/m1/s1. The first kappa shape index (κ1) is 28.3. The van der Waals surface area contributed by atoms with Crippen molar-refractivity contribution in [3.8, 4) is 5.75 Å². The fourth-order valence-corrected chi connectivity index (χ4v) is 4.26. The molecule has 0 saturated carbocycles. The van der Waals surface area contributed by atoms with E-state index < -0.39 is 0 Å². The third-order valence-corrected chi connectivity index (χ3v) is 5.98. The number of methoxy groups -OCH3 is 1. The maximum atomic E-state index is 13.8. The molecular formula is C26H40N4O5. The first-order valence-electron chi connectivity index (χ1n) is 12.2. The van der Waals surface area contributed by atoms with Gasteiger partial charge in [-0.05, 0) is 57.9 Å². The first-order valence-corrected chi connectivity index (χ1v) is 12.2. The predicted molar refractivity (Wildman–Crippen MR) is 137 cm³/mol. The molecule has 1 aromatic carbocycles. The Morgan fingerprint density at radius 1 is 1.34 bits per heavy atom. The number of benzene rings is 1. The number of carbonyl (C=O) groups is 3. The Labute approximate surface area is 208 Å². The molecule has 1 fully saturated rings. The zero-order valence-corrected chi connectivity index (χ0v) is 21.7. The van der Waals surface area contributed by atoms with Crippen molar-refractivity contribution in [2.75, 3.05) is 44.8 Å². The number of nitrogens with zero attached hydrogens (tertiary/aromatic N) is 2. The maximum Gasteiger partial charge on any atom is 0.254 e. The summed E-state index contributed by atoms with van der Waals surface area (Å²) in [6.07, 6.45) is 2.99. The lowest BCUT2D eigenvalue weighted by atomic mass is 10.00. The second-order valence-corrected chi connectivity index (χ2v) is 9.02. The van der Waals surface area contributed by atoms with E-state index in [9.17, 15) is 14.4 Å². The van der Waals surface area contributed by atoms with Gasteiger partial charge in [0, 0.05) is 50.8 Å². The van der Waals surface area contributed by atoms with E-state index in [1.54, 1.807) is 19.1 Å². The van der Waals surface area contributed by atoms with Crippen LogP contribution in [0.4, 0.5) is 5.69 Å². The van der Waals surface area contributed by atoms with Crippen molar-refractivity contribution in [2.45, 2.75) is 59.0 Å². The zero-order chi connectivity index (χ0) is 26.0. The van der Waals surface area contributed by atoms with Crippen molar-refractivity contribution < 1.29 is 23.9 Å². The summed E-state index contributed by atoms with van der Waals surface area (Å²) in [5, 5.41) is 6.16. The molecule has 0 unspecified atom stereocenters. The number of piperidine rings is 1. The number of amides is 3. The summed E-state index contributed by atoms with van der Waals surface area (Å²) in [4.78, 5) is 40.9. The summed E-state index contributed by atoms with van der Waals surface area (Å²) in [7, 11) is 1.54. The van der Waals surface area contributed by atoms with E-state index >= 15 is 0 Å². The van der Waals surface area contributed by atoms with Gasteiger partial charge in [-0.15, -0.1) is 0 Å². The molecule has 0 spiro atoms. The highest BCUT2D eigenvalue weighted by Crippen LogP contribution is 2.34. The van der Waals surface area contributed by atoms with Crippen molar-refractivity contribution in [3.63, 3.8) is 0 Å². The number of hydrogen-bond acceptors (Lipinski definition) is 6. The van der Waals surface area contributed by atoms with Crippen LogP contribution in [0.15, 0.2) is 24.5 Å². The molecule has 1 aromatic rings. The van der Waals surface area contributed by atoms with Crippen LogP contribution in [0.5, 0.6) is 5.75 Å². The Balaban J connectivity index is 2.45. The SMILES string of the molecule is C=C(COC)Oc1cc(C)c(C(=O)N(C(C)C)[C@@H]2CCCNC2)cc1N(C=O)CCNC(=O)CC. The van der Waals surface area contributed by atoms with Gasteiger partial charge < -0.3 is 29.9 Å². The highest BCUT2D eigenvalue weighted by molar-refractivity contribution is 5.98. The first-order chi connectivity index (χ1) is 16.7. The van der Waals surface area contributed by atoms with Crippen LogP contribution in [0.25, 0.3) is 0 Å². The van der Waals surface area contributed by atoms with Crippen molar-refractivity contribution >= 4 is 23.9 Å². The van der Waals surface area contributed by atoms with E-state index in [4.69, 9.17) is 9.47 Å². The van der Waals surface area contributed by atoms with Gasteiger partial charge in [-0.2, -0.15) is 0 Å². The second-order valence-electron chi connectivity index (χ2n) is 9.02. The molecule has 1 heterocycles. The van der Waals surface area contributed by atoms with E-state index in [0.717, 1.165) is 31.5 Å². The number of carbonyl (C=O) groups excluding carboxylic acids is 3. The highest BCUT2D eigenvalue weighted by Gasteiger charge is 2.30. The van der Waals surface area contributed by atoms with Gasteiger partial charge in [0.2, 0.25) is 12.3 Å². The number of ether oxygens (including phenoxy) is 2. The average Bonchev–Trinajstić information content (AvgIpc) is 2.82. The second kappa shape index (κ2) is 13.8. The summed E-state index contributed by atoms with van der Waals surface area (Å²) in [5.41, 5.74) is 1.68. The molecule has 2 N–H and O–H groups in total. The van der Waals surface area contributed by atoms with E-state index in [-0.39, 0.29) is 43.6 Å². The highest BCUT2D eigenvalue weighted by atomic mass is 16.5. The Morgan fingerprint density at radius 2 is 2.09 bits per heavy atom. The topological polar surface area (TPSA) is 100 Å². The summed E-state index contributed by atoms with van der Waals surface area (Å²) in [6.45, 7) is 13.9. The number of anilines is 1. The quantitative estimate of drug-likeness (QED) is 0.327. The van der Waals surface area contributed by atoms with E-state index in [1.165, 1.54) is 12.0 Å². The molecular weight excluding hydrogens is 448 g/mol. The molecule has 0 aromatic heterocycles. The number of rotatable bonds is 13. The van der Waals surface area contributed by atoms with Crippen LogP contribution in [-0.4, -0.2) is 75.1 Å². The summed E-state index contributed by atoms with van der Waals surface area (Å²) in [6, 6.07) is 3.57. The summed E-state index contributed by atoms with van der Waals surface area (Å²) in [5.74, 6) is 0.578. The largest absolute Gasteiger partial charge is 0.458 e. The van der Waals surface area contributed by atoms with Gasteiger partial charge >= 0.3 is 0 Å². The Bertz CT molecular complexity index is 896. The lowest BCUT2D eigenvalue weighted by molar-refractivity contribution is -0.120. The van der Waals surface area contributed by atoms with Crippen LogP contribution in [0.3, 0.4) is 0 Å². The third-order valence-electron chi connectivity index (χ3n) is 5.98. The average molecular weight is 489 g/mol. The molecule has 9 heteroatoms. The molecule has 0 aliphatic carbocycles. The maximum absolute atomic E-state index is 13.8. The van der Waals surface area contributed by atoms with Crippen LogP contribution in [0.2, 0.25) is 0 Å².